The van der Waals surface area contributed by atoms with Gasteiger partial charge in [0.1, 0.15) is 0 Å². The number of para-hydroxylation sites is 4. The minimum absolute atomic E-state index is 0.861. The third kappa shape index (κ3) is 1.78. The second-order valence-corrected chi connectivity index (χ2v) is 7.98. The van der Waals surface area contributed by atoms with Crippen LogP contribution >= 0.6 is 0 Å². The maximum Gasteiger partial charge on any atom is 0.0950 e. The fourth-order valence-electron chi connectivity index (χ4n) is 5.25. The number of anilines is 3. The van der Waals surface area contributed by atoms with Gasteiger partial charge in [0.15, 0.2) is 0 Å². The lowest BCUT2D eigenvalue weighted by molar-refractivity contribution is 0.953. The number of nitrogens with zero attached hydrogens (tertiary/aromatic N) is 3. The lowest BCUT2D eigenvalue weighted by Crippen LogP contribution is -2.24. The van der Waals surface area contributed by atoms with Crippen molar-refractivity contribution >= 4 is 55.2 Å². The Balaban J connectivity index is 1.67. The Morgan fingerprint density at radius 3 is 2.07 bits per heavy atom. The zero-order chi connectivity index (χ0) is 19.1. The lowest BCUT2D eigenvalue weighted by atomic mass is 10.1. The normalized spacial score (nSPS) is 14.1. The first-order valence-corrected chi connectivity index (χ1v) is 10.1. The maximum atomic E-state index is 2.45. The van der Waals surface area contributed by atoms with Gasteiger partial charge in [0.05, 0.1) is 40.3 Å². The van der Waals surface area contributed by atoms with Crippen LogP contribution in [0.5, 0.6) is 0 Å². The van der Waals surface area contributed by atoms with E-state index in [-0.39, 0.29) is 0 Å². The average Bonchev–Trinajstić information content (AvgIpc) is 3.41. The summed E-state index contributed by atoms with van der Waals surface area (Å²) < 4.78 is 2.45. The average molecular weight is 373 g/mol. The molecule has 138 valence electrons. The van der Waals surface area contributed by atoms with Gasteiger partial charge < -0.3 is 14.2 Å². The molecule has 2 aromatic heterocycles. The van der Waals surface area contributed by atoms with Gasteiger partial charge in [0.2, 0.25) is 0 Å². The van der Waals surface area contributed by atoms with Crippen LogP contribution in [-0.4, -0.2) is 18.1 Å². The molecule has 0 N–H and O–H groups in total. The summed E-state index contributed by atoms with van der Waals surface area (Å²) in [5, 5.41) is 5.32. The predicted octanol–water partition coefficient (Wildman–Crippen LogP) is 6.38. The van der Waals surface area contributed by atoms with Gasteiger partial charge in [-0.05, 0) is 30.3 Å². The van der Waals surface area contributed by atoms with E-state index < -0.39 is 0 Å². The topological polar surface area (TPSA) is 10.9 Å². The maximum absolute atomic E-state index is 2.45. The molecule has 6 aromatic rings. The zero-order valence-corrected chi connectivity index (χ0v) is 16.1. The van der Waals surface area contributed by atoms with Crippen molar-refractivity contribution in [3.05, 3.63) is 84.9 Å². The van der Waals surface area contributed by atoms with E-state index >= 15 is 0 Å². The van der Waals surface area contributed by atoms with E-state index in [0.29, 0.717) is 0 Å². The van der Waals surface area contributed by atoms with Crippen molar-refractivity contribution in [1.82, 2.24) is 4.40 Å². The number of fused-ring (bicyclic) bond motifs is 7. The van der Waals surface area contributed by atoms with Gasteiger partial charge in [-0.25, -0.2) is 0 Å². The molecule has 1 aliphatic heterocycles. The molecule has 1 aliphatic rings. The van der Waals surface area contributed by atoms with Crippen LogP contribution in [0.25, 0.3) is 38.1 Å². The van der Waals surface area contributed by atoms with Gasteiger partial charge in [-0.2, -0.15) is 0 Å². The highest BCUT2D eigenvalue weighted by Gasteiger charge is 2.28. The van der Waals surface area contributed by atoms with E-state index in [0.717, 1.165) is 6.67 Å². The summed E-state index contributed by atoms with van der Waals surface area (Å²) in [5.41, 5.74) is 7.73. The molecule has 3 heterocycles. The summed E-state index contributed by atoms with van der Waals surface area (Å²) in [6.07, 6.45) is 0. The van der Waals surface area contributed by atoms with Gasteiger partial charge in [-0.1, -0.05) is 54.6 Å². The Morgan fingerprint density at radius 1 is 0.586 bits per heavy atom. The van der Waals surface area contributed by atoms with E-state index in [9.17, 15) is 0 Å². The molecule has 7 rings (SSSR count). The summed E-state index contributed by atoms with van der Waals surface area (Å²) >= 11 is 0. The van der Waals surface area contributed by atoms with E-state index in [1.54, 1.807) is 0 Å². The largest absolute Gasteiger partial charge is 0.355 e. The number of hydrogen-bond acceptors (Lipinski definition) is 2. The number of aromatic nitrogens is 1. The molecule has 0 saturated heterocycles. The van der Waals surface area contributed by atoms with Gasteiger partial charge in [0.25, 0.3) is 0 Å². The molecule has 0 fully saturated rings. The number of benzene rings is 4. The first-order chi connectivity index (χ1) is 14.3. The highest BCUT2D eigenvalue weighted by molar-refractivity contribution is 6.27. The molecule has 0 atom stereocenters. The van der Waals surface area contributed by atoms with Crippen molar-refractivity contribution in [2.45, 2.75) is 0 Å². The zero-order valence-electron chi connectivity index (χ0n) is 16.1. The smallest absolute Gasteiger partial charge is 0.0950 e. The fraction of sp³-hybridized carbons (Fsp3) is 0.0769. The van der Waals surface area contributed by atoms with Crippen molar-refractivity contribution in [2.75, 3.05) is 23.5 Å². The van der Waals surface area contributed by atoms with Gasteiger partial charge in [-0.15, -0.1) is 0 Å². The molecule has 0 radical (unpaired) electrons. The Hall–Kier alpha value is -3.72. The van der Waals surface area contributed by atoms with Gasteiger partial charge >= 0.3 is 0 Å². The molecular formula is C26H19N3. The third-order valence-electron chi connectivity index (χ3n) is 6.46. The molecule has 3 nitrogen and oxygen atoms in total. The molecule has 0 aliphatic carbocycles. The second kappa shape index (κ2) is 5.21. The van der Waals surface area contributed by atoms with Crippen LogP contribution in [0.4, 0.5) is 17.1 Å². The van der Waals surface area contributed by atoms with Crippen molar-refractivity contribution in [3.8, 4) is 0 Å². The number of rotatable bonds is 1. The van der Waals surface area contributed by atoms with Crippen molar-refractivity contribution in [2.24, 2.45) is 0 Å². The summed E-state index contributed by atoms with van der Waals surface area (Å²) in [5.74, 6) is 0. The van der Waals surface area contributed by atoms with Crippen molar-refractivity contribution < 1.29 is 0 Å². The SMILES string of the molecule is CN1CN(c2ccc3c4ccccc4n4c5ccccc5c2c34)c2ccccc21. The predicted molar refractivity (Wildman–Crippen MR) is 123 cm³/mol. The van der Waals surface area contributed by atoms with Crippen LogP contribution in [-0.2, 0) is 0 Å². The minimum Gasteiger partial charge on any atom is -0.355 e. The van der Waals surface area contributed by atoms with Crippen LogP contribution in [0.15, 0.2) is 84.9 Å². The van der Waals surface area contributed by atoms with Gasteiger partial charge in [-0.3, -0.25) is 0 Å². The third-order valence-corrected chi connectivity index (χ3v) is 6.46. The summed E-state index contributed by atoms with van der Waals surface area (Å²) in [4.78, 5) is 4.77. The summed E-state index contributed by atoms with van der Waals surface area (Å²) in [6, 6.07) is 30.9. The first-order valence-electron chi connectivity index (χ1n) is 10.1. The lowest BCUT2D eigenvalue weighted by Gasteiger charge is -2.21. The van der Waals surface area contributed by atoms with Crippen LogP contribution in [0.3, 0.4) is 0 Å². The van der Waals surface area contributed by atoms with Crippen LogP contribution in [0, 0.1) is 0 Å². The Labute approximate surface area is 168 Å². The highest BCUT2D eigenvalue weighted by Crippen LogP contribution is 2.47. The molecule has 0 unspecified atom stereocenters. The van der Waals surface area contributed by atoms with Crippen LogP contribution in [0.2, 0.25) is 0 Å². The second-order valence-electron chi connectivity index (χ2n) is 7.98. The summed E-state index contributed by atoms with van der Waals surface area (Å²) in [6.45, 7) is 0.861. The molecule has 0 spiro atoms. The monoisotopic (exact) mass is 373 g/mol. The number of hydrogen-bond donors (Lipinski definition) is 0. The Kier molecular flexibility index (Phi) is 2.73. The minimum atomic E-state index is 0.861. The molecule has 3 heteroatoms. The van der Waals surface area contributed by atoms with E-state index in [2.05, 4.69) is 106 Å². The molecule has 0 saturated carbocycles. The first kappa shape index (κ1) is 15.2. The van der Waals surface area contributed by atoms with E-state index in [1.165, 1.54) is 55.2 Å². The van der Waals surface area contributed by atoms with Crippen LogP contribution in [0.1, 0.15) is 0 Å². The Bertz CT molecular complexity index is 1560. The molecule has 29 heavy (non-hydrogen) atoms. The van der Waals surface area contributed by atoms with Crippen LogP contribution < -0.4 is 9.80 Å². The van der Waals surface area contributed by atoms with E-state index in [4.69, 9.17) is 0 Å². The standard InChI is InChI=1S/C26H19N3/c1-27-16-28(23-13-7-6-12-22(23)27)24-15-14-18-17-8-2-4-10-20(17)29-21-11-5-3-9-19(21)25(24)26(18)29/h2-15H,16H2,1H3. The van der Waals surface area contributed by atoms with Gasteiger partial charge in [0, 0.05) is 28.6 Å². The summed E-state index contributed by atoms with van der Waals surface area (Å²) in [7, 11) is 2.17. The highest BCUT2D eigenvalue weighted by atomic mass is 15.4. The molecule has 0 amide bonds. The van der Waals surface area contributed by atoms with Crippen molar-refractivity contribution in [3.63, 3.8) is 0 Å². The van der Waals surface area contributed by atoms with E-state index in [1.807, 2.05) is 0 Å². The fourth-order valence-corrected chi connectivity index (χ4v) is 5.25. The quantitative estimate of drug-likeness (QED) is 0.331. The molecular weight excluding hydrogens is 354 g/mol. The van der Waals surface area contributed by atoms with Crippen molar-refractivity contribution in [1.29, 1.82) is 0 Å². The molecule has 4 aromatic carbocycles. The Morgan fingerprint density at radius 2 is 1.24 bits per heavy atom. The molecule has 0 bridgehead atoms.